The molecule has 3 aromatic carbocycles. The van der Waals surface area contributed by atoms with Crippen LogP contribution in [0.2, 0.25) is 0 Å². The van der Waals surface area contributed by atoms with Crippen LogP contribution in [0.1, 0.15) is 5.56 Å². The van der Waals surface area contributed by atoms with E-state index in [0.717, 1.165) is 5.56 Å². The summed E-state index contributed by atoms with van der Waals surface area (Å²) in [6.07, 6.45) is 2.97. The van der Waals surface area contributed by atoms with Crippen LogP contribution in [0.25, 0.3) is 28.4 Å². The van der Waals surface area contributed by atoms with Gasteiger partial charge in [0, 0.05) is 23.4 Å². The molecule has 0 saturated carbocycles. The summed E-state index contributed by atoms with van der Waals surface area (Å²) in [7, 11) is 1.54. The Labute approximate surface area is 177 Å². The van der Waals surface area contributed by atoms with Crippen LogP contribution in [0.3, 0.4) is 0 Å². The van der Waals surface area contributed by atoms with Crippen molar-refractivity contribution in [3.05, 3.63) is 100 Å². The van der Waals surface area contributed by atoms with Gasteiger partial charge in [-0.1, -0.05) is 12.1 Å². The molecule has 0 radical (unpaired) electrons. The number of carbonyl (C=O) groups is 1. The highest BCUT2D eigenvalue weighted by Crippen LogP contribution is 2.25. The summed E-state index contributed by atoms with van der Waals surface area (Å²) in [4.78, 5) is 24.6. The molecule has 4 rings (SSSR count). The number of amides is 1. The second-order valence-corrected chi connectivity index (χ2v) is 6.79. The first kappa shape index (κ1) is 20.1. The number of ether oxygens (including phenoxy) is 1. The largest absolute Gasteiger partial charge is 0.497 e. The smallest absolute Gasteiger partial charge is 0.248 e. The molecule has 0 fully saturated rings. The quantitative estimate of drug-likeness (QED) is 0.452. The summed E-state index contributed by atoms with van der Waals surface area (Å²) >= 11 is 0. The summed E-state index contributed by atoms with van der Waals surface area (Å²) in [5.41, 5.74) is 2.31. The third kappa shape index (κ3) is 4.70. The Balaban J connectivity index is 1.49. The van der Waals surface area contributed by atoms with Crippen LogP contribution in [0.15, 0.2) is 88.1 Å². The number of benzene rings is 3. The first-order valence-electron chi connectivity index (χ1n) is 9.49. The van der Waals surface area contributed by atoms with Gasteiger partial charge in [0.1, 0.15) is 22.9 Å². The molecular weight excluding hydrogens is 397 g/mol. The zero-order valence-electron chi connectivity index (χ0n) is 16.6. The highest BCUT2D eigenvalue weighted by molar-refractivity contribution is 6.02. The summed E-state index contributed by atoms with van der Waals surface area (Å²) in [5, 5.41) is 3.19. The standard InChI is InChI=1S/C25H18FNO4/c1-30-20-11-12-23-21(14-20)22(28)15-24(31-23)17-5-9-19(10-6-17)27-25(29)13-4-16-2-7-18(26)8-3-16/h2-15H,1H3,(H,27,29)/b13-4+. The first-order chi connectivity index (χ1) is 15.0. The second-order valence-electron chi connectivity index (χ2n) is 6.79. The number of rotatable bonds is 5. The molecule has 5 nitrogen and oxygen atoms in total. The van der Waals surface area contributed by atoms with E-state index in [0.29, 0.717) is 33.7 Å². The lowest BCUT2D eigenvalue weighted by atomic mass is 10.1. The summed E-state index contributed by atoms with van der Waals surface area (Å²) in [5.74, 6) is 0.366. The lowest BCUT2D eigenvalue weighted by Crippen LogP contribution is -2.07. The fraction of sp³-hybridized carbons (Fsp3) is 0.0400. The van der Waals surface area contributed by atoms with Gasteiger partial charge >= 0.3 is 0 Å². The van der Waals surface area contributed by atoms with Crippen molar-refractivity contribution >= 4 is 28.6 Å². The van der Waals surface area contributed by atoms with E-state index < -0.39 is 0 Å². The molecule has 0 aliphatic carbocycles. The maximum absolute atomic E-state index is 12.9. The Morgan fingerprint density at radius 1 is 1.00 bits per heavy atom. The van der Waals surface area contributed by atoms with Crippen molar-refractivity contribution in [2.45, 2.75) is 0 Å². The Hall–Kier alpha value is -4.19. The molecule has 0 atom stereocenters. The van der Waals surface area contributed by atoms with E-state index >= 15 is 0 Å². The summed E-state index contributed by atoms with van der Waals surface area (Å²) in [6, 6.07) is 19.3. The van der Waals surface area contributed by atoms with Crippen LogP contribution in [-0.4, -0.2) is 13.0 Å². The number of anilines is 1. The SMILES string of the molecule is COc1ccc2oc(-c3ccc(NC(=O)/C=C/c4ccc(F)cc4)cc3)cc(=O)c2c1. The highest BCUT2D eigenvalue weighted by atomic mass is 19.1. The van der Waals surface area contributed by atoms with Crippen LogP contribution in [-0.2, 0) is 4.79 Å². The summed E-state index contributed by atoms with van der Waals surface area (Å²) < 4.78 is 23.9. The van der Waals surface area contributed by atoms with Gasteiger partial charge < -0.3 is 14.5 Å². The molecule has 6 heteroatoms. The van der Waals surface area contributed by atoms with E-state index in [1.165, 1.54) is 31.4 Å². The predicted octanol–water partition coefficient (Wildman–Crippen LogP) is 5.26. The molecule has 0 aliphatic heterocycles. The second kappa shape index (κ2) is 8.67. The van der Waals surface area contributed by atoms with Crippen molar-refractivity contribution in [3.8, 4) is 17.1 Å². The van der Waals surface area contributed by atoms with Gasteiger partial charge in [-0.25, -0.2) is 4.39 Å². The highest BCUT2D eigenvalue weighted by Gasteiger charge is 2.08. The minimum atomic E-state index is -0.330. The molecule has 0 spiro atoms. The van der Waals surface area contributed by atoms with Crippen molar-refractivity contribution in [3.63, 3.8) is 0 Å². The van der Waals surface area contributed by atoms with Crippen molar-refractivity contribution in [1.82, 2.24) is 0 Å². The molecule has 0 unspecified atom stereocenters. The topological polar surface area (TPSA) is 68.5 Å². The van der Waals surface area contributed by atoms with Gasteiger partial charge in [-0.3, -0.25) is 9.59 Å². The van der Waals surface area contributed by atoms with Crippen molar-refractivity contribution in [2.75, 3.05) is 12.4 Å². The number of nitrogens with one attached hydrogen (secondary N) is 1. The van der Waals surface area contributed by atoms with E-state index in [2.05, 4.69) is 5.32 Å². The van der Waals surface area contributed by atoms with Crippen LogP contribution in [0.5, 0.6) is 5.75 Å². The number of hydrogen-bond donors (Lipinski definition) is 1. The zero-order valence-corrected chi connectivity index (χ0v) is 16.6. The average molecular weight is 415 g/mol. The average Bonchev–Trinajstić information content (AvgIpc) is 2.79. The van der Waals surface area contributed by atoms with Crippen LogP contribution in [0.4, 0.5) is 10.1 Å². The molecule has 1 aromatic heterocycles. The molecule has 0 bridgehead atoms. The normalized spacial score (nSPS) is 11.0. The van der Waals surface area contributed by atoms with Gasteiger partial charge in [-0.05, 0) is 66.2 Å². The fourth-order valence-corrected chi connectivity index (χ4v) is 3.05. The number of halogens is 1. The van der Waals surface area contributed by atoms with Crippen molar-refractivity contribution < 1.29 is 18.3 Å². The van der Waals surface area contributed by atoms with Crippen LogP contribution < -0.4 is 15.5 Å². The van der Waals surface area contributed by atoms with Gasteiger partial charge in [0.2, 0.25) is 5.91 Å². The van der Waals surface area contributed by atoms with E-state index in [9.17, 15) is 14.0 Å². The molecule has 0 saturated heterocycles. The number of hydrogen-bond acceptors (Lipinski definition) is 4. The first-order valence-corrected chi connectivity index (χ1v) is 9.49. The molecular formula is C25H18FNO4. The van der Waals surface area contributed by atoms with E-state index in [1.807, 2.05) is 0 Å². The fourth-order valence-electron chi connectivity index (χ4n) is 3.05. The zero-order chi connectivity index (χ0) is 21.8. The van der Waals surface area contributed by atoms with Crippen LogP contribution in [0, 0.1) is 5.82 Å². The van der Waals surface area contributed by atoms with Crippen molar-refractivity contribution in [2.24, 2.45) is 0 Å². The molecule has 1 amide bonds. The Morgan fingerprint density at radius 3 is 2.45 bits per heavy atom. The molecule has 0 aliphatic rings. The minimum Gasteiger partial charge on any atom is -0.497 e. The Morgan fingerprint density at radius 2 is 1.74 bits per heavy atom. The third-order valence-corrected chi connectivity index (χ3v) is 4.67. The maximum Gasteiger partial charge on any atom is 0.248 e. The van der Waals surface area contributed by atoms with Crippen LogP contribution >= 0.6 is 0 Å². The Kier molecular flexibility index (Phi) is 5.62. The summed E-state index contributed by atoms with van der Waals surface area (Å²) in [6.45, 7) is 0. The molecule has 1 heterocycles. The number of carbonyl (C=O) groups excluding carboxylic acids is 1. The van der Waals surface area contributed by atoms with Gasteiger partial charge in [0.05, 0.1) is 12.5 Å². The molecule has 154 valence electrons. The Bertz CT molecular complexity index is 1320. The lowest BCUT2D eigenvalue weighted by Gasteiger charge is -2.06. The van der Waals surface area contributed by atoms with Gasteiger partial charge in [-0.2, -0.15) is 0 Å². The predicted molar refractivity (Wildman–Crippen MR) is 119 cm³/mol. The number of fused-ring (bicyclic) bond motifs is 1. The maximum atomic E-state index is 12.9. The molecule has 31 heavy (non-hydrogen) atoms. The third-order valence-electron chi connectivity index (χ3n) is 4.67. The monoisotopic (exact) mass is 415 g/mol. The minimum absolute atomic E-state index is 0.168. The number of methoxy groups -OCH3 is 1. The molecule has 4 aromatic rings. The van der Waals surface area contributed by atoms with Crippen molar-refractivity contribution in [1.29, 1.82) is 0 Å². The molecule has 1 N–H and O–H groups in total. The lowest BCUT2D eigenvalue weighted by molar-refractivity contribution is -0.111. The van der Waals surface area contributed by atoms with Gasteiger partial charge in [0.15, 0.2) is 5.43 Å². The van der Waals surface area contributed by atoms with Gasteiger partial charge in [0.25, 0.3) is 0 Å². The van der Waals surface area contributed by atoms with E-state index in [4.69, 9.17) is 9.15 Å². The van der Waals surface area contributed by atoms with E-state index in [1.54, 1.807) is 60.7 Å². The van der Waals surface area contributed by atoms with E-state index in [-0.39, 0.29) is 17.2 Å². The van der Waals surface area contributed by atoms with Gasteiger partial charge in [-0.15, -0.1) is 0 Å².